The highest BCUT2D eigenvalue weighted by atomic mass is 14.0. The summed E-state index contributed by atoms with van der Waals surface area (Å²) >= 11 is 0. The van der Waals surface area contributed by atoms with Gasteiger partial charge in [-0.25, -0.2) is 0 Å². The zero-order valence-electron chi connectivity index (χ0n) is 17.2. The molecule has 0 aliphatic heterocycles. The maximum atomic E-state index is 3.27. The summed E-state index contributed by atoms with van der Waals surface area (Å²) in [6.07, 6.45) is 6.95. The Morgan fingerprint density at radius 1 is 0.500 bits per heavy atom. The predicted molar refractivity (Wildman–Crippen MR) is 121 cm³/mol. The van der Waals surface area contributed by atoms with Crippen LogP contribution in [-0.2, 0) is 25.7 Å². The Labute approximate surface area is 170 Å². The summed E-state index contributed by atoms with van der Waals surface area (Å²) in [5, 5.41) is 0. The molecule has 0 fully saturated rings. The van der Waals surface area contributed by atoms with Gasteiger partial charge in [0.15, 0.2) is 0 Å². The van der Waals surface area contributed by atoms with Gasteiger partial charge >= 0.3 is 0 Å². The lowest BCUT2D eigenvalue weighted by atomic mass is 10.0. The van der Waals surface area contributed by atoms with Crippen molar-refractivity contribution in [3.05, 3.63) is 106 Å². The molecule has 0 nitrogen and oxygen atoms in total. The van der Waals surface area contributed by atoms with Crippen LogP contribution in [0.2, 0.25) is 0 Å². The summed E-state index contributed by atoms with van der Waals surface area (Å²) in [4.78, 5) is 0. The molecule has 0 amide bonds. The molecule has 0 unspecified atom stereocenters. The molecule has 0 aromatic heterocycles. The molecule has 142 valence electrons. The van der Waals surface area contributed by atoms with Crippen LogP contribution >= 0.6 is 0 Å². The van der Waals surface area contributed by atoms with Crippen LogP contribution < -0.4 is 0 Å². The lowest BCUT2D eigenvalue weighted by molar-refractivity contribution is 0.794. The third-order valence-corrected chi connectivity index (χ3v) is 5.21. The Bertz CT molecular complexity index is 901. The van der Waals surface area contributed by atoms with Crippen molar-refractivity contribution in [2.75, 3.05) is 0 Å². The SMILES string of the molecule is CCCCc1ccc(CCc2ccc(C#Cc3ccc(CC)cc3)cc2)cc1. The Morgan fingerprint density at radius 2 is 0.893 bits per heavy atom. The molecule has 0 atom stereocenters. The van der Waals surface area contributed by atoms with E-state index in [0.29, 0.717) is 0 Å². The molecule has 0 radical (unpaired) electrons. The van der Waals surface area contributed by atoms with Crippen LogP contribution in [-0.4, -0.2) is 0 Å². The minimum atomic E-state index is 1.07. The third-order valence-electron chi connectivity index (χ3n) is 5.21. The topological polar surface area (TPSA) is 0 Å². The fourth-order valence-electron chi connectivity index (χ4n) is 3.27. The molecule has 0 heteroatoms. The predicted octanol–water partition coefficient (Wildman–Crippen LogP) is 6.78. The second-order valence-electron chi connectivity index (χ2n) is 7.42. The van der Waals surface area contributed by atoms with Gasteiger partial charge < -0.3 is 0 Å². The highest BCUT2D eigenvalue weighted by Gasteiger charge is 1.98. The highest BCUT2D eigenvalue weighted by molar-refractivity contribution is 5.44. The summed E-state index contributed by atoms with van der Waals surface area (Å²) < 4.78 is 0. The van der Waals surface area contributed by atoms with Crippen molar-refractivity contribution in [3.8, 4) is 11.8 Å². The minimum absolute atomic E-state index is 1.07. The van der Waals surface area contributed by atoms with Crippen molar-refractivity contribution in [2.45, 2.75) is 52.4 Å². The van der Waals surface area contributed by atoms with E-state index in [1.165, 1.54) is 41.5 Å². The van der Waals surface area contributed by atoms with Crippen molar-refractivity contribution >= 4 is 0 Å². The van der Waals surface area contributed by atoms with E-state index in [0.717, 1.165) is 30.4 Å². The Morgan fingerprint density at radius 3 is 1.32 bits per heavy atom. The van der Waals surface area contributed by atoms with Gasteiger partial charge in [-0.15, -0.1) is 0 Å². The zero-order chi connectivity index (χ0) is 19.6. The van der Waals surface area contributed by atoms with Crippen LogP contribution in [0.25, 0.3) is 0 Å². The van der Waals surface area contributed by atoms with Crippen molar-refractivity contribution in [2.24, 2.45) is 0 Å². The maximum absolute atomic E-state index is 3.27. The molecule has 3 rings (SSSR count). The monoisotopic (exact) mass is 366 g/mol. The molecule has 0 bridgehead atoms. The van der Waals surface area contributed by atoms with Crippen LogP contribution in [0.5, 0.6) is 0 Å². The lowest BCUT2D eigenvalue weighted by Gasteiger charge is -2.05. The molecular formula is C28H30. The largest absolute Gasteiger partial charge is 0.0654 e. The van der Waals surface area contributed by atoms with E-state index in [9.17, 15) is 0 Å². The summed E-state index contributed by atoms with van der Waals surface area (Å²) in [5.74, 6) is 6.53. The van der Waals surface area contributed by atoms with Gasteiger partial charge in [0, 0.05) is 11.1 Å². The molecule has 0 aliphatic carbocycles. The molecule has 0 saturated heterocycles. The average Bonchev–Trinajstić information content (AvgIpc) is 2.76. The van der Waals surface area contributed by atoms with E-state index >= 15 is 0 Å². The van der Waals surface area contributed by atoms with Crippen molar-refractivity contribution in [3.63, 3.8) is 0 Å². The molecule has 3 aromatic rings. The molecule has 0 heterocycles. The van der Waals surface area contributed by atoms with Crippen LogP contribution in [0.1, 0.15) is 60.1 Å². The highest BCUT2D eigenvalue weighted by Crippen LogP contribution is 2.12. The molecular weight excluding hydrogens is 336 g/mol. The van der Waals surface area contributed by atoms with Crippen molar-refractivity contribution in [1.82, 2.24) is 0 Å². The maximum Gasteiger partial charge on any atom is 0.0249 e. The van der Waals surface area contributed by atoms with Crippen LogP contribution in [0.3, 0.4) is 0 Å². The van der Waals surface area contributed by atoms with Crippen molar-refractivity contribution < 1.29 is 0 Å². The van der Waals surface area contributed by atoms with Crippen LogP contribution in [0, 0.1) is 11.8 Å². The summed E-state index contributed by atoms with van der Waals surface area (Å²) in [5.41, 5.74) is 7.74. The second kappa shape index (κ2) is 10.5. The first-order valence-corrected chi connectivity index (χ1v) is 10.5. The number of unbranched alkanes of at least 4 members (excludes halogenated alkanes) is 1. The van der Waals surface area contributed by atoms with Crippen LogP contribution in [0.15, 0.2) is 72.8 Å². The van der Waals surface area contributed by atoms with Gasteiger partial charge in [0.1, 0.15) is 0 Å². The van der Waals surface area contributed by atoms with Crippen molar-refractivity contribution in [1.29, 1.82) is 0 Å². The molecule has 3 aromatic carbocycles. The van der Waals surface area contributed by atoms with E-state index in [-0.39, 0.29) is 0 Å². The van der Waals surface area contributed by atoms with E-state index < -0.39 is 0 Å². The quantitative estimate of drug-likeness (QED) is 0.404. The second-order valence-corrected chi connectivity index (χ2v) is 7.42. The summed E-state index contributed by atoms with van der Waals surface area (Å²) in [6.45, 7) is 4.42. The van der Waals surface area contributed by atoms with Gasteiger partial charge in [-0.3, -0.25) is 0 Å². The van der Waals surface area contributed by atoms with E-state index in [2.05, 4.69) is 98.5 Å². The van der Waals surface area contributed by atoms with Gasteiger partial charge in [0.25, 0.3) is 0 Å². The Balaban J connectivity index is 1.53. The number of aryl methyl sites for hydroxylation is 4. The normalized spacial score (nSPS) is 10.4. The van der Waals surface area contributed by atoms with Gasteiger partial charge in [0.2, 0.25) is 0 Å². The summed E-state index contributed by atoms with van der Waals surface area (Å²) in [7, 11) is 0. The first-order chi connectivity index (χ1) is 13.8. The van der Waals surface area contributed by atoms with E-state index in [1.807, 2.05) is 0 Å². The van der Waals surface area contributed by atoms with E-state index in [4.69, 9.17) is 0 Å². The molecule has 0 saturated carbocycles. The van der Waals surface area contributed by atoms with Gasteiger partial charge in [-0.1, -0.05) is 80.6 Å². The third kappa shape index (κ3) is 6.14. The first kappa shape index (κ1) is 20.0. The zero-order valence-corrected chi connectivity index (χ0v) is 17.2. The number of hydrogen-bond donors (Lipinski definition) is 0. The smallest absolute Gasteiger partial charge is 0.0249 e. The molecule has 0 aliphatic rings. The summed E-state index contributed by atoms with van der Waals surface area (Å²) in [6, 6.07) is 26.4. The fourth-order valence-corrected chi connectivity index (χ4v) is 3.27. The number of hydrogen-bond acceptors (Lipinski definition) is 0. The number of benzene rings is 3. The van der Waals surface area contributed by atoms with Gasteiger partial charge in [0.05, 0.1) is 0 Å². The Kier molecular flexibility index (Phi) is 7.51. The molecule has 0 spiro atoms. The minimum Gasteiger partial charge on any atom is -0.0654 e. The molecule has 0 N–H and O–H groups in total. The fraction of sp³-hybridized carbons (Fsp3) is 0.286. The van der Waals surface area contributed by atoms with E-state index in [1.54, 1.807) is 0 Å². The van der Waals surface area contributed by atoms with Crippen LogP contribution in [0.4, 0.5) is 0 Å². The average molecular weight is 367 g/mol. The first-order valence-electron chi connectivity index (χ1n) is 10.5. The molecule has 28 heavy (non-hydrogen) atoms. The van der Waals surface area contributed by atoms with Gasteiger partial charge in [-0.05, 0) is 78.6 Å². The lowest BCUT2D eigenvalue weighted by Crippen LogP contribution is -1.92. The number of rotatable bonds is 7. The standard InChI is InChI=1S/C28H30/c1-3-5-6-24-11-13-26(14-12-24)17-18-28-21-19-27(20-22-28)16-15-25-9-7-23(4-2)8-10-25/h7-14,19-22H,3-6,17-18H2,1-2H3. The van der Waals surface area contributed by atoms with Gasteiger partial charge in [-0.2, -0.15) is 0 Å². The Hall–Kier alpha value is -2.78.